The van der Waals surface area contributed by atoms with E-state index in [0.717, 1.165) is 0 Å². The molecule has 2 nitrogen and oxygen atoms in total. The average molecular weight is 376 g/mol. The molecule has 0 aliphatic carbocycles. The van der Waals surface area contributed by atoms with Gasteiger partial charge in [-0.2, -0.15) is 0 Å². The lowest BCUT2D eigenvalue weighted by Crippen LogP contribution is -2.32. The molecule has 1 heterocycles. The van der Waals surface area contributed by atoms with Crippen LogP contribution in [0.1, 0.15) is 123 Å². The molecule has 0 unspecified atom stereocenters. The van der Waals surface area contributed by atoms with E-state index in [1.165, 1.54) is 102 Å². The Morgan fingerprint density at radius 1 is 0.815 bits per heavy atom. The van der Waals surface area contributed by atoms with Crippen LogP contribution in [-0.2, 0) is 13.5 Å². The van der Waals surface area contributed by atoms with E-state index in [1.807, 2.05) is 0 Å². The molecule has 0 spiro atoms. The summed E-state index contributed by atoms with van der Waals surface area (Å²) in [6, 6.07) is 0.565. The number of hydrogen-bond donors (Lipinski definition) is 0. The van der Waals surface area contributed by atoms with Crippen LogP contribution in [0.2, 0.25) is 0 Å². The Kier molecular flexibility index (Phi) is 14.2. The number of unbranched alkanes of at least 4 members (excludes halogenated alkanes) is 12. The van der Waals surface area contributed by atoms with Crippen molar-refractivity contribution in [2.24, 2.45) is 7.05 Å². The minimum absolute atomic E-state index is 0.565. The molecule has 1 aromatic rings. The predicted octanol–water partition coefficient (Wildman–Crippen LogP) is 7.47. The fraction of sp³-hybridized carbons (Fsp3) is 0.800. The normalized spacial score (nSPS) is 11.9. The Balaban J connectivity index is 1.91. The first kappa shape index (κ1) is 24.0. The Morgan fingerprint density at radius 3 is 1.89 bits per heavy atom. The van der Waals surface area contributed by atoms with Crippen molar-refractivity contribution in [1.29, 1.82) is 0 Å². The maximum absolute atomic E-state index is 2.42. The van der Waals surface area contributed by atoms with Gasteiger partial charge in [0.1, 0.15) is 12.4 Å². The van der Waals surface area contributed by atoms with Crippen LogP contribution in [0, 0.1) is 0 Å². The number of aromatic nitrogens is 2. The third-order valence-corrected chi connectivity index (χ3v) is 5.62. The van der Waals surface area contributed by atoms with Crippen molar-refractivity contribution >= 4 is 0 Å². The van der Waals surface area contributed by atoms with Crippen molar-refractivity contribution in [3.63, 3.8) is 0 Å². The first-order valence-corrected chi connectivity index (χ1v) is 11.9. The summed E-state index contributed by atoms with van der Waals surface area (Å²) in [5, 5.41) is 0. The Labute approximate surface area is 170 Å². The molecule has 0 saturated heterocycles. The van der Waals surface area contributed by atoms with Crippen LogP contribution >= 0.6 is 0 Å². The molecule has 156 valence electrons. The second-order valence-electron chi connectivity index (χ2n) is 8.51. The highest BCUT2D eigenvalue weighted by molar-refractivity contribution is 4.86. The highest BCUT2D eigenvalue weighted by Crippen LogP contribution is 2.13. The number of imidazole rings is 1. The molecule has 0 radical (unpaired) electrons. The van der Waals surface area contributed by atoms with Gasteiger partial charge < -0.3 is 0 Å². The van der Waals surface area contributed by atoms with E-state index in [4.69, 9.17) is 0 Å². The first-order chi connectivity index (χ1) is 13.2. The van der Waals surface area contributed by atoms with Crippen LogP contribution in [0.3, 0.4) is 0 Å². The molecule has 1 aromatic heterocycles. The van der Waals surface area contributed by atoms with E-state index >= 15 is 0 Å². The van der Waals surface area contributed by atoms with Gasteiger partial charge in [-0.1, -0.05) is 76.9 Å². The third-order valence-electron chi connectivity index (χ3n) is 5.62. The summed E-state index contributed by atoms with van der Waals surface area (Å²) in [6.07, 6.45) is 29.8. The van der Waals surface area contributed by atoms with Crippen LogP contribution < -0.4 is 4.57 Å². The zero-order chi connectivity index (χ0) is 19.7. The molecule has 27 heavy (non-hydrogen) atoms. The summed E-state index contributed by atoms with van der Waals surface area (Å²) < 4.78 is 4.70. The zero-order valence-corrected chi connectivity index (χ0v) is 18.9. The lowest BCUT2D eigenvalue weighted by molar-refractivity contribution is -0.679. The molecule has 0 bridgehead atoms. The molecule has 0 aromatic carbocycles. The van der Waals surface area contributed by atoms with Gasteiger partial charge in [0.2, 0.25) is 0 Å². The van der Waals surface area contributed by atoms with Gasteiger partial charge in [0.15, 0.2) is 0 Å². The van der Waals surface area contributed by atoms with E-state index in [0.29, 0.717) is 6.04 Å². The van der Waals surface area contributed by atoms with Gasteiger partial charge in [0, 0.05) is 6.42 Å². The highest BCUT2D eigenvalue weighted by Gasteiger charge is 2.15. The second kappa shape index (κ2) is 16.0. The number of aryl methyl sites for hydroxylation is 1. The SMILES string of the molecule is CCCCCCCC/C=C\CCCCCCCCc1n(C(C)C)cc[n+]1C. The topological polar surface area (TPSA) is 8.81 Å². The fourth-order valence-corrected chi connectivity index (χ4v) is 3.83. The molecule has 0 aliphatic heterocycles. The molecule has 0 amide bonds. The van der Waals surface area contributed by atoms with Crippen LogP contribution in [0.15, 0.2) is 24.5 Å². The minimum atomic E-state index is 0.565. The molecule has 0 aliphatic rings. The summed E-state index contributed by atoms with van der Waals surface area (Å²) in [5.74, 6) is 1.47. The molecular weight excluding hydrogens is 328 g/mol. The Hall–Kier alpha value is -1.05. The maximum atomic E-state index is 2.42. The monoisotopic (exact) mass is 375 g/mol. The van der Waals surface area contributed by atoms with Gasteiger partial charge >= 0.3 is 0 Å². The summed E-state index contributed by atoms with van der Waals surface area (Å²) in [6.45, 7) is 6.83. The molecule has 0 N–H and O–H groups in total. The summed E-state index contributed by atoms with van der Waals surface area (Å²) >= 11 is 0. The Morgan fingerprint density at radius 2 is 1.33 bits per heavy atom. The van der Waals surface area contributed by atoms with Gasteiger partial charge in [-0.3, -0.25) is 0 Å². The van der Waals surface area contributed by atoms with E-state index in [-0.39, 0.29) is 0 Å². The van der Waals surface area contributed by atoms with Crippen LogP contribution in [-0.4, -0.2) is 4.57 Å². The summed E-state index contributed by atoms with van der Waals surface area (Å²) in [7, 11) is 2.17. The van der Waals surface area contributed by atoms with Crippen LogP contribution in [0.5, 0.6) is 0 Å². The largest absolute Gasteiger partial charge is 0.256 e. The van der Waals surface area contributed by atoms with Crippen LogP contribution in [0.25, 0.3) is 0 Å². The predicted molar refractivity (Wildman–Crippen MR) is 119 cm³/mol. The Bertz CT molecular complexity index is 485. The van der Waals surface area contributed by atoms with Crippen LogP contribution in [0.4, 0.5) is 0 Å². The van der Waals surface area contributed by atoms with Crippen molar-refractivity contribution < 1.29 is 4.57 Å². The van der Waals surface area contributed by atoms with Crippen molar-refractivity contribution in [3.05, 3.63) is 30.4 Å². The molecule has 2 heteroatoms. The lowest BCUT2D eigenvalue weighted by atomic mass is 10.1. The van der Waals surface area contributed by atoms with Crippen molar-refractivity contribution in [1.82, 2.24) is 4.57 Å². The number of rotatable bonds is 17. The minimum Gasteiger partial charge on any atom is -0.237 e. The van der Waals surface area contributed by atoms with Crippen molar-refractivity contribution in [3.8, 4) is 0 Å². The zero-order valence-electron chi connectivity index (χ0n) is 18.9. The highest BCUT2D eigenvalue weighted by atomic mass is 15.1. The summed E-state index contributed by atoms with van der Waals surface area (Å²) in [5.41, 5.74) is 0. The van der Waals surface area contributed by atoms with E-state index in [2.05, 4.69) is 61.5 Å². The quantitative estimate of drug-likeness (QED) is 0.152. The number of allylic oxidation sites excluding steroid dienone is 2. The van der Waals surface area contributed by atoms with E-state index < -0.39 is 0 Å². The van der Waals surface area contributed by atoms with Crippen molar-refractivity contribution in [2.75, 3.05) is 0 Å². The van der Waals surface area contributed by atoms with E-state index in [1.54, 1.807) is 0 Å². The van der Waals surface area contributed by atoms with Gasteiger partial charge in [-0.15, -0.1) is 0 Å². The maximum Gasteiger partial charge on any atom is 0.256 e. The third kappa shape index (κ3) is 11.4. The standard InChI is InChI=1S/C25H47N2/c1-5-6-7-8-9-10-11-12-13-14-15-16-17-18-19-20-21-25-26(4)22-23-27(25)24(2)3/h12-13,22-24H,5-11,14-21H2,1-4H3/q+1/b13-12-. The number of hydrogen-bond acceptors (Lipinski definition) is 0. The molecule has 1 rings (SSSR count). The fourth-order valence-electron chi connectivity index (χ4n) is 3.83. The molecule has 0 fully saturated rings. The molecular formula is C25H47N2+. The number of nitrogens with zero attached hydrogens (tertiary/aromatic N) is 2. The van der Waals surface area contributed by atoms with Gasteiger partial charge in [0.25, 0.3) is 5.82 Å². The lowest BCUT2D eigenvalue weighted by Gasteiger charge is -2.06. The van der Waals surface area contributed by atoms with E-state index in [9.17, 15) is 0 Å². The smallest absolute Gasteiger partial charge is 0.237 e. The average Bonchev–Trinajstić information content (AvgIpc) is 3.02. The van der Waals surface area contributed by atoms with Gasteiger partial charge in [0.05, 0.1) is 13.1 Å². The second-order valence-corrected chi connectivity index (χ2v) is 8.51. The van der Waals surface area contributed by atoms with Gasteiger partial charge in [-0.25, -0.2) is 9.13 Å². The first-order valence-electron chi connectivity index (χ1n) is 11.9. The van der Waals surface area contributed by atoms with Crippen molar-refractivity contribution in [2.45, 2.75) is 123 Å². The van der Waals surface area contributed by atoms with Gasteiger partial charge in [-0.05, 0) is 46.0 Å². The summed E-state index contributed by atoms with van der Waals surface area (Å²) in [4.78, 5) is 0. The molecule has 0 atom stereocenters. The molecule has 0 saturated carbocycles.